The molecule has 1 amide bonds. The molecule has 0 atom stereocenters. The van der Waals surface area contributed by atoms with E-state index in [9.17, 15) is 13.6 Å². The predicted octanol–water partition coefficient (Wildman–Crippen LogP) is 4.85. The van der Waals surface area contributed by atoms with E-state index in [0.717, 1.165) is 43.2 Å². The zero-order chi connectivity index (χ0) is 18.6. The third-order valence-electron chi connectivity index (χ3n) is 5.41. The summed E-state index contributed by atoms with van der Waals surface area (Å²) in [5.74, 6) is -1.54. The lowest BCUT2D eigenvalue weighted by atomic mass is 9.92. The molecule has 1 saturated carbocycles. The van der Waals surface area contributed by atoms with Gasteiger partial charge >= 0.3 is 0 Å². The van der Waals surface area contributed by atoms with Crippen LogP contribution in [0, 0.1) is 0 Å². The summed E-state index contributed by atoms with van der Waals surface area (Å²) in [7, 11) is 0. The third kappa shape index (κ3) is 3.20. The van der Waals surface area contributed by atoms with Crippen molar-refractivity contribution >= 4 is 22.2 Å². The predicted molar refractivity (Wildman–Crippen MR) is 97.1 cm³/mol. The molecule has 0 bridgehead atoms. The van der Waals surface area contributed by atoms with Crippen molar-refractivity contribution < 1.29 is 18.1 Å². The van der Waals surface area contributed by atoms with Gasteiger partial charge in [-0.3, -0.25) is 4.79 Å². The van der Waals surface area contributed by atoms with Gasteiger partial charge in [0.05, 0.1) is 5.56 Å². The molecular formula is C19H19F2N3O2S. The number of hydrogen-bond acceptors (Lipinski definition) is 5. The van der Waals surface area contributed by atoms with Crippen LogP contribution in [-0.2, 0) is 17.6 Å². The summed E-state index contributed by atoms with van der Waals surface area (Å²) in [6.45, 7) is 0. The second kappa shape index (κ2) is 6.22. The van der Waals surface area contributed by atoms with Crippen LogP contribution in [0.15, 0.2) is 16.2 Å². The number of hydrogen-bond donors (Lipinski definition) is 1. The molecule has 5 rings (SSSR count). The Morgan fingerprint density at radius 3 is 2.93 bits per heavy atom. The first-order valence-corrected chi connectivity index (χ1v) is 10.2. The Balaban J connectivity index is 1.54. The number of carbonyl (C=O) groups is 1. The molecule has 1 fully saturated rings. The Hall–Kier alpha value is -2.09. The Morgan fingerprint density at radius 1 is 1.33 bits per heavy atom. The number of allylic oxidation sites excluding steroid dienone is 1. The van der Waals surface area contributed by atoms with Gasteiger partial charge in [0.1, 0.15) is 5.00 Å². The van der Waals surface area contributed by atoms with E-state index in [2.05, 4.69) is 15.5 Å². The van der Waals surface area contributed by atoms with E-state index in [4.69, 9.17) is 4.52 Å². The van der Waals surface area contributed by atoms with Crippen LogP contribution in [0.3, 0.4) is 0 Å². The zero-order valence-corrected chi connectivity index (χ0v) is 15.5. The quantitative estimate of drug-likeness (QED) is 0.809. The molecule has 5 nitrogen and oxygen atoms in total. The first-order chi connectivity index (χ1) is 13.0. The molecular weight excluding hydrogens is 372 g/mol. The molecule has 2 aromatic rings. The smallest absolute Gasteiger partial charge is 0.261 e. The molecule has 8 heteroatoms. The molecule has 0 radical (unpaired) electrons. The second-order valence-corrected chi connectivity index (χ2v) is 8.65. The number of carbonyl (C=O) groups excluding carboxylic acids is 1. The maximum Gasteiger partial charge on any atom is 0.261 e. The van der Waals surface area contributed by atoms with Crippen LogP contribution in [0.2, 0.25) is 0 Å². The largest absolute Gasteiger partial charge is 0.334 e. The standard InChI is InChI=1S/C19H19F2N3O2S/c20-19(21)8-7-12-13(9-19)27-18(23-16(25)11-3-1-2-4-11)14(12)17-22-15(24-26-17)10-5-6-10/h3,10H,1-2,4-9H2,(H,23,25). The van der Waals surface area contributed by atoms with Gasteiger partial charge in [-0.2, -0.15) is 4.98 Å². The van der Waals surface area contributed by atoms with Crippen molar-refractivity contribution in [1.29, 1.82) is 0 Å². The molecule has 3 aliphatic carbocycles. The molecule has 0 aromatic carbocycles. The van der Waals surface area contributed by atoms with Gasteiger partial charge in [-0.15, -0.1) is 11.3 Å². The van der Waals surface area contributed by atoms with Gasteiger partial charge in [-0.25, -0.2) is 8.78 Å². The lowest BCUT2D eigenvalue weighted by molar-refractivity contribution is -0.112. The van der Waals surface area contributed by atoms with Gasteiger partial charge in [-0.05, 0) is 44.1 Å². The van der Waals surface area contributed by atoms with E-state index in [0.29, 0.717) is 33.1 Å². The summed E-state index contributed by atoms with van der Waals surface area (Å²) in [4.78, 5) is 17.7. The first-order valence-electron chi connectivity index (χ1n) is 9.37. The van der Waals surface area contributed by atoms with E-state index in [1.807, 2.05) is 6.08 Å². The van der Waals surface area contributed by atoms with Gasteiger partial charge in [0.15, 0.2) is 5.82 Å². The van der Waals surface area contributed by atoms with Gasteiger partial charge in [0.25, 0.3) is 17.7 Å². The van der Waals surface area contributed by atoms with Crippen molar-refractivity contribution in [2.24, 2.45) is 0 Å². The summed E-state index contributed by atoms with van der Waals surface area (Å²) >= 11 is 1.21. The number of rotatable bonds is 4. The van der Waals surface area contributed by atoms with Crippen LogP contribution < -0.4 is 5.32 Å². The molecule has 0 spiro atoms. The molecule has 3 aliphatic rings. The topological polar surface area (TPSA) is 68.0 Å². The van der Waals surface area contributed by atoms with Crippen LogP contribution in [0.5, 0.6) is 0 Å². The van der Waals surface area contributed by atoms with Crippen molar-refractivity contribution in [3.63, 3.8) is 0 Å². The summed E-state index contributed by atoms with van der Waals surface area (Å²) in [6.07, 6.45) is 6.39. The SMILES string of the molecule is O=C(Nc1sc2c(c1-c1nc(C3CC3)no1)CCC(F)(F)C2)C1=CCCC1. The zero-order valence-electron chi connectivity index (χ0n) is 14.7. The van der Waals surface area contributed by atoms with Gasteiger partial charge < -0.3 is 9.84 Å². The van der Waals surface area contributed by atoms with Crippen LogP contribution in [0.4, 0.5) is 13.8 Å². The second-order valence-electron chi connectivity index (χ2n) is 7.55. The molecule has 2 heterocycles. The minimum Gasteiger partial charge on any atom is -0.334 e. The van der Waals surface area contributed by atoms with E-state index >= 15 is 0 Å². The molecule has 0 saturated heterocycles. The fourth-order valence-electron chi connectivity index (χ4n) is 3.77. The lowest BCUT2D eigenvalue weighted by Crippen LogP contribution is -2.24. The molecule has 0 aliphatic heterocycles. The number of nitrogens with zero attached hydrogens (tertiary/aromatic N) is 2. The Morgan fingerprint density at radius 2 is 2.19 bits per heavy atom. The summed E-state index contributed by atoms with van der Waals surface area (Å²) in [5, 5.41) is 7.53. The highest BCUT2D eigenvalue weighted by Gasteiger charge is 2.39. The summed E-state index contributed by atoms with van der Waals surface area (Å²) < 4.78 is 33.3. The number of amides is 1. The van der Waals surface area contributed by atoms with Crippen molar-refractivity contribution in [1.82, 2.24) is 10.1 Å². The van der Waals surface area contributed by atoms with Crippen LogP contribution >= 0.6 is 11.3 Å². The van der Waals surface area contributed by atoms with Crippen molar-refractivity contribution in [3.8, 4) is 11.5 Å². The minimum atomic E-state index is -2.71. The molecule has 1 N–H and O–H groups in total. The fourth-order valence-corrected chi connectivity index (χ4v) is 5.08. The number of thiophene rings is 1. The van der Waals surface area contributed by atoms with Crippen LogP contribution in [-0.4, -0.2) is 22.0 Å². The van der Waals surface area contributed by atoms with Gasteiger partial charge in [0.2, 0.25) is 0 Å². The number of fused-ring (bicyclic) bond motifs is 1. The fraction of sp³-hybridized carbons (Fsp3) is 0.526. The minimum absolute atomic E-state index is 0.166. The number of anilines is 1. The number of alkyl halides is 2. The number of nitrogens with one attached hydrogen (secondary N) is 1. The highest BCUT2D eigenvalue weighted by Crippen LogP contribution is 2.48. The molecule has 0 unspecified atom stereocenters. The number of halogens is 2. The average Bonchev–Trinajstić information content (AvgIpc) is 3.04. The van der Waals surface area contributed by atoms with E-state index in [1.165, 1.54) is 11.3 Å². The molecule has 2 aromatic heterocycles. The monoisotopic (exact) mass is 391 g/mol. The van der Waals surface area contributed by atoms with E-state index in [1.54, 1.807) is 0 Å². The van der Waals surface area contributed by atoms with Gasteiger partial charge in [-0.1, -0.05) is 11.2 Å². The third-order valence-corrected chi connectivity index (χ3v) is 6.56. The van der Waals surface area contributed by atoms with E-state index < -0.39 is 5.92 Å². The lowest BCUT2D eigenvalue weighted by Gasteiger charge is -2.21. The average molecular weight is 391 g/mol. The summed E-state index contributed by atoms with van der Waals surface area (Å²) in [6, 6.07) is 0. The first kappa shape index (κ1) is 17.0. The Labute approximate surface area is 158 Å². The van der Waals surface area contributed by atoms with Crippen LogP contribution in [0.25, 0.3) is 11.5 Å². The van der Waals surface area contributed by atoms with Crippen molar-refractivity contribution in [2.45, 2.75) is 63.2 Å². The Kier molecular flexibility index (Phi) is 3.93. The maximum absolute atomic E-state index is 13.9. The highest BCUT2D eigenvalue weighted by molar-refractivity contribution is 7.17. The van der Waals surface area contributed by atoms with Crippen molar-refractivity contribution in [2.75, 3.05) is 5.32 Å². The normalized spacial score (nSPS) is 21.0. The van der Waals surface area contributed by atoms with E-state index in [-0.39, 0.29) is 25.2 Å². The van der Waals surface area contributed by atoms with Gasteiger partial charge in [0, 0.05) is 29.2 Å². The highest BCUT2D eigenvalue weighted by atomic mass is 32.1. The summed E-state index contributed by atoms with van der Waals surface area (Å²) in [5.41, 5.74) is 2.20. The van der Waals surface area contributed by atoms with Crippen molar-refractivity contribution in [3.05, 3.63) is 27.9 Å². The Bertz CT molecular complexity index is 943. The molecule has 142 valence electrons. The maximum atomic E-state index is 13.9. The molecule has 27 heavy (non-hydrogen) atoms. The van der Waals surface area contributed by atoms with Crippen LogP contribution in [0.1, 0.15) is 60.7 Å². The number of aromatic nitrogens is 2.